The van der Waals surface area contributed by atoms with Crippen molar-refractivity contribution >= 4 is 11.9 Å². The Bertz CT molecular complexity index is 345. The van der Waals surface area contributed by atoms with Crippen molar-refractivity contribution in [2.45, 2.75) is 6.92 Å². The third-order valence-electron chi connectivity index (χ3n) is 1.42. The van der Waals surface area contributed by atoms with Crippen molar-refractivity contribution < 1.29 is 24.5 Å². The van der Waals surface area contributed by atoms with E-state index in [-0.39, 0.29) is 17.3 Å². The van der Waals surface area contributed by atoms with Crippen molar-refractivity contribution in [1.29, 1.82) is 0 Å². The number of carboxylic acid groups (broad SMARTS) is 1. The lowest BCUT2D eigenvalue weighted by molar-refractivity contribution is -0.137. The molecule has 0 aliphatic carbocycles. The summed E-state index contributed by atoms with van der Waals surface area (Å²) >= 11 is 0. The number of phenols is 1. The average molecular weight is 212 g/mol. The predicted octanol–water partition coefficient (Wildman–Crippen LogP) is 1.27. The predicted molar refractivity (Wildman–Crippen MR) is 52.8 cm³/mol. The normalized spacial score (nSPS) is 8.40. The number of hydrogen-bond donors (Lipinski definition) is 2. The molecule has 2 N–H and O–H groups in total. The molecule has 0 aliphatic rings. The van der Waals surface area contributed by atoms with Crippen LogP contribution in [0.25, 0.3) is 0 Å². The van der Waals surface area contributed by atoms with E-state index in [0.29, 0.717) is 0 Å². The summed E-state index contributed by atoms with van der Waals surface area (Å²) in [5.74, 6) is -1.56. The minimum absolute atomic E-state index is 0.0671. The fourth-order valence-corrected chi connectivity index (χ4v) is 0.654. The van der Waals surface area contributed by atoms with Crippen molar-refractivity contribution in [2.24, 2.45) is 0 Å². The van der Waals surface area contributed by atoms with E-state index in [0.717, 1.165) is 0 Å². The molecular weight excluding hydrogens is 200 g/mol. The first-order chi connectivity index (χ1) is 6.99. The van der Waals surface area contributed by atoms with Gasteiger partial charge in [0.05, 0.1) is 7.11 Å². The number of aromatic carboxylic acids is 1. The van der Waals surface area contributed by atoms with E-state index in [1.165, 1.54) is 26.2 Å². The van der Waals surface area contributed by atoms with Crippen LogP contribution in [-0.4, -0.2) is 29.3 Å². The van der Waals surface area contributed by atoms with Crippen molar-refractivity contribution in [3.63, 3.8) is 0 Å². The van der Waals surface area contributed by atoms with Gasteiger partial charge >= 0.3 is 11.9 Å². The van der Waals surface area contributed by atoms with Gasteiger partial charge in [-0.3, -0.25) is 4.79 Å². The van der Waals surface area contributed by atoms with E-state index in [1.54, 1.807) is 12.1 Å². The van der Waals surface area contributed by atoms with Gasteiger partial charge in [0.1, 0.15) is 11.3 Å². The summed E-state index contributed by atoms with van der Waals surface area (Å²) < 4.78 is 4.11. The van der Waals surface area contributed by atoms with Gasteiger partial charge in [-0.2, -0.15) is 0 Å². The Morgan fingerprint density at radius 1 is 1.27 bits per heavy atom. The summed E-state index contributed by atoms with van der Waals surface area (Å²) in [5, 5.41) is 17.3. The first-order valence-corrected chi connectivity index (χ1v) is 4.05. The number of aromatic hydroxyl groups is 1. The lowest BCUT2D eigenvalue weighted by Crippen LogP contribution is -1.95. The van der Waals surface area contributed by atoms with E-state index in [4.69, 9.17) is 10.2 Å². The Hall–Kier alpha value is -2.04. The van der Waals surface area contributed by atoms with Gasteiger partial charge in [-0.05, 0) is 12.1 Å². The molecule has 15 heavy (non-hydrogen) atoms. The highest BCUT2D eigenvalue weighted by Crippen LogP contribution is 2.14. The minimum Gasteiger partial charge on any atom is -0.507 e. The highest BCUT2D eigenvalue weighted by atomic mass is 16.5. The monoisotopic (exact) mass is 212 g/mol. The largest absolute Gasteiger partial charge is 0.507 e. The molecule has 0 amide bonds. The van der Waals surface area contributed by atoms with Crippen LogP contribution in [-0.2, 0) is 9.53 Å². The minimum atomic E-state index is -1.11. The molecule has 0 fully saturated rings. The third kappa shape index (κ3) is 5.30. The molecule has 0 saturated heterocycles. The Balaban J connectivity index is 0.000000336. The first-order valence-electron chi connectivity index (χ1n) is 4.05. The van der Waals surface area contributed by atoms with Crippen LogP contribution in [0.1, 0.15) is 17.3 Å². The molecule has 0 saturated carbocycles. The van der Waals surface area contributed by atoms with E-state index in [1.807, 2.05) is 0 Å². The van der Waals surface area contributed by atoms with Gasteiger partial charge in [-0.15, -0.1) is 0 Å². The molecule has 1 aromatic carbocycles. The number of rotatable bonds is 1. The van der Waals surface area contributed by atoms with E-state index >= 15 is 0 Å². The maximum absolute atomic E-state index is 10.3. The second-order valence-electron chi connectivity index (χ2n) is 2.52. The first kappa shape index (κ1) is 13.0. The quantitative estimate of drug-likeness (QED) is 0.685. The van der Waals surface area contributed by atoms with Crippen LogP contribution in [0.15, 0.2) is 24.3 Å². The molecule has 0 unspecified atom stereocenters. The van der Waals surface area contributed by atoms with Gasteiger partial charge in [0.15, 0.2) is 0 Å². The molecule has 0 aliphatic heterocycles. The van der Waals surface area contributed by atoms with Crippen molar-refractivity contribution in [2.75, 3.05) is 7.11 Å². The zero-order valence-electron chi connectivity index (χ0n) is 8.43. The Kier molecular flexibility index (Phi) is 5.55. The zero-order chi connectivity index (χ0) is 11.8. The molecule has 1 rings (SSSR count). The summed E-state index contributed by atoms with van der Waals surface area (Å²) in [7, 11) is 1.35. The number of carbonyl (C=O) groups excluding carboxylic acids is 1. The highest BCUT2D eigenvalue weighted by molar-refractivity contribution is 5.90. The van der Waals surface area contributed by atoms with Crippen LogP contribution in [0.2, 0.25) is 0 Å². The van der Waals surface area contributed by atoms with Gasteiger partial charge in [0.25, 0.3) is 0 Å². The van der Waals surface area contributed by atoms with Crippen LogP contribution in [0.5, 0.6) is 5.75 Å². The van der Waals surface area contributed by atoms with E-state index in [2.05, 4.69) is 4.74 Å². The number of ether oxygens (including phenoxy) is 1. The second-order valence-corrected chi connectivity index (χ2v) is 2.52. The van der Waals surface area contributed by atoms with Crippen LogP contribution in [0.4, 0.5) is 0 Å². The van der Waals surface area contributed by atoms with Crippen LogP contribution in [0.3, 0.4) is 0 Å². The molecule has 5 heteroatoms. The fraction of sp³-hybridized carbons (Fsp3) is 0.200. The topological polar surface area (TPSA) is 83.8 Å². The smallest absolute Gasteiger partial charge is 0.339 e. The average Bonchev–Trinajstić information content (AvgIpc) is 2.19. The summed E-state index contributed by atoms with van der Waals surface area (Å²) in [6.07, 6.45) is 0. The number of methoxy groups -OCH3 is 1. The van der Waals surface area contributed by atoms with Gasteiger partial charge in [-0.25, -0.2) is 4.79 Å². The van der Waals surface area contributed by atoms with Crippen molar-refractivity contribution in [3.8, 4) is 5.75 Å². The summed E-state index contributed by atoms with van der Waals surface area (Å²) in [5.41, 5.74) is -0.0671. The number of esters is 1. The molecule has 0 bridgehead atoms. The summed E-state index contributed by atoms with van der Waals surface area (Å²) in [4.78, 5) is 19.9. The zero-order valence-corrected chi connectivity index (χ0v) is 8.43. The molecular formula is C10H12O5. The van der Waals surface area contributed by atoms with Crippen LogP contribution < -0.4 is 0 Å². The summed E-state index contributed by atoms with van der Waals surface area (Å²) in [6.45, 7) is 1.36. The SMILES string of the molecule is COC(C)=O.O=C(O)c1ccccc1O. The number of carbonyl (C=O) groups is 2. The lowest BCUT2D eigenvalue weighted by atomic mass is 10.2. The maximum atomic E-state index is 10.3. The molecule has 0 radical (unpaired) electrons. The van der Waals surface area contributed by atoms with E-state index in [9.17, 15) is 9.59 Å². The van der Waals surface area contributed by atoms with Crippen molar-refractivity contribution in [3.05, 3.63) is 29.8 Å². The molecule has 5 nitrogen and oxygen atoms in total. The highest BCUT2D eigenvalue weighted by Gasteiger charge is 2.05. The number of hydrogen-bond acceptors (Lipinski definition) is 4. The fourth-order valence-electron chi connectivity index (χ4n) is 0.654. The van der Waals surface area contributed by atoms with Gasteiger partial charge in [0, 0.05) is 6.92 Å². The Morgan fingerprint density at radius 2 is 1.73 bits per heavy atom. The van der Waals surface area contributed by atoms with Gasteiger partial charge in [-0.1, -0.05) is 12.1 Å². The number of carboxylic acids is 1. The molecule has 0 heterocycles. The Labute approximate surface area is 86.9 Å². The molecule has 82 valence electrons. The van der Waals surface area contributed by atoms with Crippen molar-refractivity contribution in [1.82, 2.24) is 0 Å². The van der Waals surface area contributed by atoms with Gasteiger partial charge < -0.3 is 14.9 Å². The number of benzene rings is 1. The summed E-state index contributed by atoms with van der Waals surface area (Å²) in [6, 6.07) is 5.81. The number of para-hydroxylation sites is 1. The molecule has 0 aromatic heterocycles. The second kappa shape index (κ2) is 6.42. The van der Waals surface area contributed by atoms with Crippen LogP contribution in [0, 0.1) is 0 Å². The van der Waals surface area contributed by atoms with E-state index < -0.39 is 5.97 Å². The Morgan fingerprint density at radius 3 is 2.00 bits per heavy atom. The standard InChI is InChI=1S/C7H6O3.C3H6O2/c8-6-4-2-1-3-5(6)7(9)10;1-3(4)5-2/h1-4,8H,(H,9,10);1-2H3. The maximum Gasteiger partial charge on any atom is 0.339 e. The van der Waals surface area contributed by atoms with Gasteiger partial charge in [0.2, 0.25) is 0 Å². The molecule has 0 atom stereocenters. The molecule has 0 spiro atoms. The third-order valence-corrected chi connectivity index (χ3v) is 1.42. The lowest BCUT2D eigenvalue weighted by Gasteiger charge is -1.95. The molecule has 1 aromatic rings. The van der Waals surface area contributed by atoms with Crippen LogP contribution >= 0.6 is 0 Å².